The molecule has 12 heavy (non-hydrogen) atoms. The Hall–Kier alpha value is 0.650. The van der Waals surface area contributed by atoms with Crippen LogP contribution in [0.5, 0.6) is 0 Å². The Kier molecular flexibility index (Phi) is 3.79. The van der Waals surface area contributed by atoms with Gasteiger partial charge in [0.2, 0.25) is 0 Å². The summed E-state index contributed by atoms with van der Waals surface area (Å²) in [6.07, 6.45) is 2.55. The van der Waals surface area contributed by atoms with E-state index in [4.69, 9.17) is 0 Å². The van der Waals surface area contributed by atoms with E-state index in [1.54, 1.807) is 0 Å². The standard InChI is InChI=1S/C9H18INO/c1-9(2,12)7-11-5-3-8(10)4-6-11/h8,12H,3-7H2,1-2H3. The molecule has 2 nitrogen and oxygen atoms in total. The van der Waals surface area contributed by atoms with Crippen LogP contribution in [0.15, 0.2) is 0 Å². The highest BCUT2D eigenvalue weighted by atomic mass is 127. The van der Waals surface area contributed by atoms with E-state index < -0.39 is 5.60 Å². The van der Waals surface area contributed by atoms with Crippen LogP contribution in [0.1, 0.15) is 26.7 Å². The highest BCUT2D eigenvalue weighted by molar-refractivity contribution is 14.1. The molecule has 0 aromatic rings. The van der Waals surface area contributed by atoms with E-state index >= 15 is 0 Å². The third kappa shape index (κ3) is 4.05. The molecule has 1 fully saturated rings. The van der Waals surface area contributed by atoms with Crippen molar-refractivity contribution in [3.05, 3.63) is 0 Å². The zero-order valence-corrected chi connectivity index (χ0v) is 10.0. The molecular weight excluding hydrogens is 265 g/mol. The van der Waals surface area contributed by atoms with Crippen molar-refractivity contribution in [2.75, 3.05) is 19.6 Å². The summed E-state index contributed by atoms with van der Waals surface area (Å²) in [4.78, 5) is 2.36. The first-order chi connectivity index (χ1) is 5.47. The van der Waals surface area contributed by atoms with E-state index in [0.29, 0.717) is 0 Å². The average Bonchev–Trinajstić information content (AvgIpc) is 1.91. The molecule has 0 aliphatic carbocycles. The summed E-state index contributed by atoms with van der Waals surface area (Å²) in [6.45, 7) is 6.87. The van der Waals surface area contributed by atoms with Gasteiger partial charge in [0.05, 0.1) is 5.60 Å². The Bertz CT molecular complexity index is 136. The maximum Gasteiger partial charge on any atom is 0.0718 e. The minimum Gasteiger partial charge on any atom is -0.389 e. The van der Waals surface area contributed by atoms with Crippen molar-refractivity contribution in [3.63, 3.8) is 0 Å². The van der Waals surface area contributed by atoms with Crippen molar-refractivity contribution < 1.29 is 5.11 Å². The first-order valence-corrected chi connectivity index (χ1v) is 5.81. The molecule has 0 amide bonds. The molecule has 0 aromatic carbocycles. The number of likely N-dealkylation sites (tertiary alicyclic amines) is 1. The molecule has 1 rings (SSSR count). The molecule has 1 saturated heterocycles. The topological polar surface area (TPSA) is 23.5 Å². The molecule has 1 aliphatic heterocycles. The minimum atomic E-state index is -0.530. The van der Waals surface area contributed by atoms with Gasteiger partial charge < -0.3 is 10.0 Å². The van der Waals surface area contributed by atoms with Crippen molar-refractivity contribution in [3.8, 4) is 0 Å². The molecule has 1 N–H and O–H groups in total. The van der Waals surface area contributed by atoms with Gasteiger partial charge in [-0.05, 0) is 39.8 Å². The second-order valence-corrected chi connectivity index (χ2v) is 6.02. The summed E-state index contributed by atoms with van der Waals surface area (Å²) >= 11 is 2.51. The van der Waals surface area contributed by atoms with Gasteiger partial charge in [-0.3, -0.25) is 0 Å². The normalized spacial score (nSPS) is 23.0. The summed E-state index contributed by atoms with van der Waals surface area (Å²) in [5.74, 6) is 0. The molecule has 3 heteroatoms. The van der Waals surface area contributed by atoms with Gasteiger partial charge in [0, 0.05) is 10.5 Å². The Morgan fingerprint density at radius 2 is 1.92 bits per heavy atom. The number of hydrogen-bond acceptors (Lipinski definition) is 2. The summed E-state index contributed by atoms with van der Waals surface area (Å²) in [7, 11) is 0. The van der Waals surface area contributed by atoms with Gasteiger partial charge in [-0.25, -0.2) is 0 Å². The number of hydrogen-bond donors (Lipinski definition) is 1. The fourth-order valence-electron chi connectivity index (χ4n) is 1.61. The third-order valence-corrected chi connectivity index (χ3v) is 3.37. The molecule has 1 aliphatic rings. The second kappa shape index (κ2) is 4.24. The Morgan fingerprint density at radius 1 is 1.42 bits per heavy atom. The van der Waals surface area contributed by atoms with Gasteiger partial charge in [0.25, 0.3) is 0 Å². The van der Waals surface area contributed by atoms with Gasteiger partial charge in [-0.1, -0.05) is 22.6 Å². The van der Waals surface area contributed by atoms with Gasteiger partial charge in [0.1, 0.15) is 0 Å². The third-order valence-electron chi connectivity index (χ3n) is 2.13. The van der Waals surface area contributed by atoms with Crippen molar-refractivity contribution in [1.82, 2.24) is 4.90 Å². The molecular formula is C9H18INO. The Morgan fingerprint density at radius 3 is 2.33 bits per heavy atom. The van der Waals surface area contributed by atoms with Gasteiger partial charge in [-0.15, -0.1) is 0 Å². The fraction of sp³-hybridized carbons (Fsp3) is 1.00. The molecule has 1 heterocycles. The number of aliphatic hydroxyl groups is 1. The summed E-state index contributed by atoms with van der Waals surface area (Å²) in [6, 6.07) is 0. The first-order valence-electron chi connectivity index (χ1n) is 4.56. The van der Waals surface area contributed by atoms with Crippen LogP contribution in [0.3, 0.4) is 0 Å². The molecule has 0 spiro atoms. The zero-order chi connectivity index (χ0) is 9.19. The summed E-state index contributed by atoms with van der Waals surface area (Å²) in [5.41, 5.74) is -0.530. The Labute approximate surface area is 88.5 Å². The predicted molar refractivity (Wildman–Crippen MR) is 59.8 cm³/mol. The molecule has 0 bridgehead atoms. The van der Waals surface area contributed by atoms with Crippen LogP contribution in [-0.4, -0.2) is 39.2 Å². The van der Waals surface area contributed by atoms with Gasteiger partial charge >= 0.3 is 0 Å². The number of halogens is 1. The molecule has 0 radical (unpaired) electrons. The smallest absolute Gasteiger partial charge is 0.0718 e. The number of nitrogens with zero attached hydrogens (tertiary/aromatic N) is 1. The van der Waals surface area contributed by atoms with Crippen molar-refractivity contribution >= 4 is 22.6 Å². The van der Waals surface area contributed by atoms with E-state index in [2.05, 4.69) is 27.5 Å². The van der Waals surface area contributed by atoms with E-state index in [-0.39, 0.29) is 0 Å². The lowest BCUT2D eigenvalue weighted by atomic mass is 10.1. The average molecular weight is 283 g/mol. The molecule has 0 atom stereocenters. The second-order valence-electron chi connectivity index (χ2n) is 4.26. The molecule has 0 aromatic heterocycles. The van der Waals surface area contributed by atoms with E-state index in [1.807, 2.05) is 13.8 Å². The van der Waals surface area contributed by atoms with Crippen LogP contribution in [0.2, 0.25) is 0 Å². The highest BCUT2D eigenvalue weighted by Crippen LogP contribution is 2.19. The Balaban J connectivity index is 2.26. The maximum absolute atomic E-state index is 9.59. The maximum atomic E-state index is 9.59. The van der Waals surface area contributed by atoms with Crippen molar-refractivity contribution in [2.45, 2.75) is 36.2 Å². The molecule has 72 valence electrons. The van der Waals surface area contributed by atoms with E-state index in [9.17, 15) is 5.11 Å². The fourth-order valence-corrected chi connectivity index (χ4v) is 2.16. The largest absolute Gasteiger partial charge is 0.389 e. The van der Waals surface area contributed by atoms with Gasteiger partial charge in [0.15, 0.2) is 0 Å². The zero-order valence-electron chi connectivity index (χ0n) is 7.89. The van der Waals surface area contributed by atoms with E-state index in [1.165, 1.54) is 12.8 Å². The van der Waals surface area contributed by atoms with Crippen LogP contribution in [0, 0.1) is 0 Å². The van der Waals surface area contributed by atoms with Crippen molar-refractivity contribution in [2.24, 2.45) is 0 Å². The number of β-amino-alcohol motifs (C(OH)–C–C–N with tert-alkyl or cyclic N) is 1. The summed E-state index contributed by atoms with van der Waals surface area (Å²) < 4.78 is 0.848. The van der Waals surface area contributed by atoms with Crippen LogP contribution >= 0.6 is 22.6 Å². The van der Waals surface area contributed by atoms with E-state index in [0.717, 1.165) is 23.6 Å². The number of piperidine rings is 1. The lowest BCUT2D eigenvalue weighted by Gasteiger charge is -2.33. The van der Waals surface area contributed by atoms with Crippen LogP contribution in [0.25, 0.3) is 0 Å². The highest BCUT2D eigenvalue weighted by Gasteiger charge is 2.22. The number of alkyl halides is 1. The number of rotatable bonds is 2. The summed E-state index contributed by atoms with van der Waals surface area (Å²) in [5, 5.41) is 9.59. The van der Waals surface area contributed by atoms with Gasteiger partial charge in [-0.2, -0.15) is 0 Å². The monoisotopic (exact) mass is 283 g/mol. The SMILES string of the molecule is CC(C)(O)CN1CCC(I)CC1. The minimum absolute atomic E-state index is 0.530. The van der Waals surface area contributed by atoms with Crippen LogP contribution < -0.4 is 0 Å². The molecule has 0 saturated carbocycles. The molecule has 0 unspecified atom stereocenters. The van der Waals surface area contributed by atoms with Crippen LogP contribution in [-0.2, 0) is 0 Å². The lowest BCUT2D eigenvalue weighted by molar-refractivity contribution is 0.0311. The van der Waals surface area contributed by atoms with Crippen LogP contribution in [0.4, 0.5) is 0 Å². The quantitative estimate of drug-likeness (QED) is 0.615. The van der Waals surface area contributed by atoms with Crippen molar-refractivity contribution in [1.29, 1.82) is 0 Å². The first kappa shape index (κ1) is 10.7. The predicted octanol–water partition coefficient (Wildman–Crippen LogP) is 1.66. The lowest BCUT2D eigenvalue weighted by Crippen LogP contribution is -2.43.